The molecule has 1 aliphatic heterocycles. The zero-order valence-corrected chi connectivity index (χ0v) is 11.2. The van der Waals surface area contributed by atoms with Gasteiger partial charge in [-0.25, -0.2) is 0 Å². The summed E-state index contributed by atoms with van der Waals surface area (Å²) in [6, 6.07) is 7.73. The number of hydrogen-bond acceptors (Lipinski definition) is 3. The molecule has 1 heterocycles. The fourth-order valence-electron chi connectivity index (χ4n) is 3.12. The molecule has 2 unspecified atom stereocenters. The van der Waals surface area contributed by atoms with Gasteiger partial charge >= 0.3 is 0 Å². The number of hydrogen-bond donors (Lipinski definition) is 1. The van der Waals surface area contributed by atoms with E-state index in [0.717, 1.165) is 11.1 Å². The van der Waals surface area contributed by atoms with Crippen LogP contribution < -0.4 is 5.73 Å². The van der Waals surface area contributed by atoms with Crippen LogP contribution in [0.4, 0.5) is 0 Å². The third-order valence-corrected chi connectivity index (χ3v) is 4.49. The third kappa shape index (κ3) is 1.70. The first-order valence-electron chi connectivity index (χ1n) is 6.60. The summed E-state index contributed by atoms with van der Waals surface area (Å²) >= 11 is 0. The number of carbonyl (C=O) groups is 2. The van der Waals surface area contributed by atoms with E-state index in [-0.39, 0.29) is 29.1 Å². The lowest BCUT2D eigenvalue weighted by Gasteiger charge is -2.20. The zero-order chi connectivity index (χ0) is 13.8. The van der Waals surface area contributed by atoms with Crippen molar-refractivity contribution in [1.82, 2.24) is 4.90 Å². The van der Waals surface area contributed by atoms with E-state index in [1.165, 1.54) is 4.90 Å². The lowest BCUT2D eigenvalue weighted by Crippen LogP contribution is -2.35. The molecule has 100 valence electrons. The summed E-state index contributed by atoms with van der Waals surface area (Å²) in [7, 11) is 0. The van der Waals surface area contributed by atoms with Gasteiger partial charge < -0.3 is 5.73 Å². The highest BCUT2D eigenvalue weighted by atomic mass is 16.2. The van der Waals surface area contributed by atoms with E-state index in [4.69, 9.17) is 5.73 Å². The van der Waals surface area contributed by atoms with Gasteiger partial charge in [-0.2, -0.15) is 0 Å². The minimum atomic E-state index is -0.131. The molecule has 3 rings (SSSR count). The van der Waals surface area contributed by atoms with Crippen LogP contribution in [0.5, 0.6) is 0 Å². The van der Waals surface area contributed by atoms with Crippen molar-refractivity contribution in [3.05, 3.63) is 35.4 Å². The molecule has 2 aliphatic rings. The molecule has 1 aromatic carbocycles. The van der Waals surface area contributed by atoms with Crippen molar-refractivity contribution >= 4 is 11.8 Å². The Labute approximate surface area is 112 Å². The molecule has 0 radical (unpaired) electrons. The van der Waals surface area contributed by atoms with Crippen molar-refractivity contribution in [2.24, 2.45) is 23.0 Å². The first-order chi connectivity index (χ1) is 8.96. The number of nitrogens with zero attached hydrogens (tertiary/aromatic N) is 1. The highest BCUT2D eigenvalue weighted by molar-refractivity contribution is 6.10. The monoisotopic (exact) mass is 258 g/mol. The molecule has 2 amide bonds. The second kappa shape index (κ2) is 3.90. The van der Waals surface area contributed by atoms with Crippen LogP contribution in [0.25, 0.3) is 0 Å². The Bertz CT molecular complexity index is 524. The molecule has 4 heteroatoms. The Morgan fingerprint density at radius 3 is 2.00 bits per heavy atom. The lowest BCUT2D eigenvalue weighted by atomic mass is 10.0. The maximum absolute atomic E-state index is 12.2. The van der Waals surface area contributed by atoms with E-state index in [2.05, 4.69) is 0 Å². The number of nitrogens with two attached hydrogens (primary N) is 1. The van der Waals surface area contributed by atoms with Crippen LogP contribution in [0.3, 0.4) is 0 Å². The molecule has 4 nitrogen and oxygen atoms in total. The molecule has 1 saturated carbocycles. The SMILES string of the molecule is CC1(C)C2C(=O)N(Cc3ccc(CN)cc3)C(=O)C21. The van der Waals surface area contributed by atoms with E-state index >= 15 is 0 Å². The molecule has 0 aromatic heterocycles. The number of fused-ring (bicyclic) bond motifs is 1. The molecule has 1 saturated heterocycles. The Morgan fingerprint density at radius 1 is 1.05 bits per heavy atom. The summed E-state index contributed by atoms with van der Waals surface area (Å²) in [4.78, 5) is 25.8. The second-order valence-corrected chi connectivity index (χ2v) is 6.06. The maximum atomic E-state index is 12.2. The van der Waals surface area contributed by atoms with Crippen LogP contribution in [-0.4, -0.2) is 16.7 Å². The van der Waals surface area contributed by atoms with Gasteiger partial charge in [-0.1, -0.05) is 38.1 Å². The average Bonchev–Trinajstić information content (AvgIpc) is 2.87. The van der Waals surface area contributed by atoms with Gasteiger partial charge in [0.05, 0.1) is 18.4 Å². The second-order valence-electron chi connectivity index (χ2n) is 6.06. The minimum Gasteiger partial charge on any atom is -0.326 e. The van der Waals surface area contributed by atoms with Crippen LogP contribution in [0.1, 0.15) is 25.0 Å². The topological polar surface area (TPSA) is 63.4 Å². The highest BCUT2D eigenvalue weighted by Gasteiger charge is 2.72. The number of benzene rings is 1. The molecular weight excluding hydrogens is 240 g/mol. The van der Waals surface area contributed by atoms with Gasteiger partial charge in [-0.05, 0) is 16.5 Å². The van der Waals surface area contributed by atoms with Gasteiger partial charge in [0.25, 0.3) is 0 Å². The van der Waals surface area contributed by atoms with Gasteiger partial charge in [0.1, 0.15) is 0 Å². The van der Waals surface area contributed by atoms with Crippen molar-refractivity contribution in [1.29, 1.82) is 0 Å². The van der Waals surface area contributed by atoms with E-state index < -0.39 is 0 Å². The fraction of sp³-hybridized carbons (Fsp3) is 0.467. The van der Waals surface area contributed by atoms with Crippen LogP contribution >= 0.6 is 0 Å². The summed E-state index contributed by atoms with van der Waals surface area (Å²) in [5.74, 6) is -0.211. The molecular formula is C15H18N2O2. The first-order valence-corrected chi connectivity index (χ1v) is 6.60. The smallest absolute Gasteiger partial charge is 0.233 e. The largest absolute Gasteiger partial charge is 0.326 e. The number of rotatable bonds is 3. The van der Waals surface area contributed by atoms with Crippen LogP contribution in [0.2, 0.25) is 0 Å². The normalized spacial score (nSPS) is 27.6. The standard InChI is InChI=1S/C15H18N2O2/c1-15(2)11-12(15)14(19)17(13(11)18)8-10-5-3-9(7-16)4-6-10/h3-6,11-12H,7-8,16H2,1-2H3. The van der Waals surface area contributed by atoms with Crippen molar-refractivity contribution < 1.29 is 9.59 Å². The van der Waals surface area contributed by atoms with Crippen molar-refractivity contribution in [3.63, 3.8) is 0 Å². The summed E-state index contributed by atoms with van der Waals surface area (Å²) < 4.78 is 0. The maximum Gasteiger partial charge on any atom is 0.233 e. The highest BCUT2D eigenvalue weighted by Crippen LogP contribution is 2.63. The van der Waals surface area contributed by atoms with Crippen LogP contribution in [0, 0.1) is 17.3 Å². The van der Waals surface area contributed by atoms with E-state index in [9.17, 15) is 9.59 Å². The molecule has 2 fully saturated rings. The molecule has 2 N–H and O–H groups in total. The van der Waals surface area contributed by atoms with E-state index in [1.807, 2.05) is 38.1 Å². The predicted molar refractivity (Wildman–Crippen MR) is 70.7 cm³/mol. The van der Waals surface area contributed by atoms with Crippen LogP contribution in [0.15, 0.2) is 24.3 Å². The van der Waals surface area contributed by atoms with Gasteiger partial charge in [-0.3, -0.25) is 14.5 Å². The summed E-state index contributed by atoms with van der Waals surface area (Å²) in [6.45, 7) is 4.86. The fourth-order valence-corrected chi connectivity index (χ4v) is 3.12. The van der Waals surface area contributed by atoms with Gasteiger partial charge in [0, 0.05) is 6.54 Å². The number of amides is 2. The van der Waals surface area contributed by atoms with Gasteiger partial charge in [0.15, 0.2) is 0 Å². The molecule has 1 aromatic rings. The summed E-state index contributed by atoms with van der Waals surface area (Å²) in [5, 5.41) is 0. The molecule has 19 heavy (non-hydrogen) atoms. The predicted octanol–water partition coefficient (Wildman–Crippen LogP) is 1.29. The Hall–Kier alpha value is -1.68. The number of imide groups is 1. The van der Waals surface area contributed by atoms with Crippen molar-refractivity contribution in [2.45, 2.75) is 26.9 Å². The number of likely N-dealkylation sites (tertiary alicyclic amines) is 1. The quantitative estimate of drug-likeness (QED) is 0.831. The third-order valence-electron chi connectivity index (χ3n) is 4.49. The van der Waals surface area contributed by atoms with Gasteiger partial charge in [0.2, 0.25) is 11.8 Å². The van der Waals surface area contributed by atoms with Crippen LogP contribution in [-0.2, 0) is 22.7 Å². The minimum absolute atomic E-state index is 0.0112. The van der Waals surface area contributed by atoms with E-state index in [0.29, 0.717) is 13.1 Å². The Kier molecular flexibility index (Phi) is 2.54. The Morgan fingerprint density at radius 2 is 1.53 bits per heavy atom. The van der Waals surface area contributed by atoms with E-state index in [1.54, 1.807) is 0 Å². The summed E-state index contributed by atoms with van der Waals surface area (Å²) in [5.41, 5.74) is 7.43. The number of piperidine rings is 1. The number of carbonyl (C=O) groups excluding carboxylic acids is 2. The molecule has 1 aliphatic carbocycles. The van der Waals surface area contributed by atoms with Crippen molar-refractivity contribution in [2.75, 3.05) is 0 Å². The first kappa shape index (κ1) is 12.4. The lowest BCUT2D eigenvalue weighted by molar-refractivity contribution is -0.143. The average molecular weight is 258 g/mol. The van der Waals surface area contributed by atoms with Crippen molar-refractivity contribution in [3.8, 4) is 0 Å². The summed E-state index contributed by atoms with van der Waals surface area (Å²) in [6.07, 6.45) is 0. The molecule has 2 atom stereocenters. The Balaban J connectivity index is 1.75. The molecule has 0 spiro atoms. The van der Waals surface area contributed by atoms with Gasteiger partial charge in [-0.15, -0.1) is 0 Å². The zero-order valence-electron chi connectivity index (χ0n) is 11.2. The molecule has 0 bridgehead atoms.